The monoisotopic (exact) mass is 508 g/mol. The van der Waals surface area contributed by atoms with Crippen molar-refractivity contribution in [1.82, 2.24) is 15.0 Å². The Labute approximate surface area is 211 Å². The molecule has 8 nitrogen and oxygen atoms in total. The molecular weight excluding hydrogens is 485 g/mol. The van der Waals surface area contributed by atoms with E-state index >= 15 is 0 Å². The van der Waals surface area contributed by atoms with Crippen LogP contribution in [-0.4, -0.2) is 35.4 Å². The van der Waals surface area contributed by atoms with Crippen molar-refractivity contribution in [1.29, 1.82) is 5.41 Å². The van der Waals surface area contributed by atoms with Crippen LogP contribution < -0.4 is 20.1 Å². The summed E-state index contributed by atoms with van der Waals surface area (Å²) in [4.78, 5) is 12.5. The van der Waals surface area contributed by atoms with Gasteiger partial charge in [0, 0.05) is 41.2 Å². The molecule has 3 N–H and O–H groups in total. The third kappa shape index (κ3) is 6.13. The molecule has 37 heavy (non-hydrogen) atoms. The highest BCUT2D eigenvalue weighted by Gasteiger charge is 2.32. The fraction of sp³-hybridized carbons (Fsp3) is 0.154. The number of halogens is 3. The van der Waals surface area contributed by atoms with Crippen molar-refractivity contribution in [3.63, 3.8) is 0 Å². The molecule has 0 radical (unpaired) electrons. The highest BCUT2D eigenvalue weighted by molar-refractivity contribution is 5.89. The molecule has 190 valence electrons. The Kier molecular flexibility index (Phi) is 7.52. The zero-order chi connectivity index (χ0) is 26.4. The molecule has 0 aliphatic heterocycles. The average Bonchev–Trinajstić information content (AvgIpc) is 2.91. The van der Waals surface area contributed by atoms with Gasteiger partial charge in [-0.1, -0.05) is 18.2 Å². The molecule has 0 saturated heterocycles. The standard InChI is InChI=1S/C26H23F3N6O2/c1-36-19-9-8-18(22(11-19)37-2)13-32-25-15-31-14-21(34-25)16-6-7-17(12-30)20(10-16)33-24-5-3-4-23(35-24)26(27,28)29/h3-12,14-15,30H,13H2,1-2H3,(H,32,34)(H,33,35). The number of rotatable bonds is 9. The summed E-state index contributed by atoms with van der Waals surface area (Å²) in [6, 6.07) is 14.2. The molecule has 0 atom stereocenters. The Hall–Kier alpha value is -4.67. The molecule has 0 aliphatic carbocycles. The summed E-state index contributed by atoms with van der Waals surface area (Å²) in [6.07, 6.45) is -0.309. The first-order valence-electron chi connectivity index (χ1n) is 11.0. The fourth-order valence-corrected chi connectivity index (χ4v) is 3.52. The molecule has 4 rings (SSSR count). The number of nitrogens with one attached hydrogen (secondary N) is 3. The minimum atomic E-state index is -4.57. The third-order valence-electron chi connectivity index (χ3n) is 5.40. The molecule has 11 heteroatoms. The van der Waals surface area contributed by atoms with E-state index in [1.54, 1.807) is 50.9 Å². The molecule has 4 aromatic rings. The lowest BCUT2D eigenvalue weighted by Crippen LogP contribution is -2.09. The van der Waals surface area contributed by atoms with Crippen LogP contribution in [0.1, 0.15) is 16.8 Å². The number of hydrogen-bond donors (Lipinski definition) is 3. The van der Waals surface area contributed by atoms with Crippen molar-refractivity contribution in [2.45, 2.75) is 12.7 Å². The van der Waals surface area contributed by atoms with E-state index in [1.165, 1.54) is 12.1 Å². The topological polar surface area (TPSA) is 105 Å². The molecule has 0 bridgehead atoms. The summed E-state index contributed by atoms with van der Waals surface area (Å²) >= 11 is 0. The molecule has 0 spiro atoms. The Morgan fingerprint density at radius 1 is 0.946 bits per heavy atom. The number of pyridine rings is 1. The molecule has 0 saturated carbocycles. The van der Waals surface area contributed by atoms with Crippen LogP contribution in [0.3, 0.4) is 0 Å². The van der Waals surface area contributed by atoms with E-state index in [9.17, 15) is 13.2 Å². The van der Waals surface area contributed by atoms with E-state index in [4.69, 9.17) is 14.9 Å². The van der Waals surface area contributed by atoms with Crippen LogP contribution in [-0.2, 0) is 12.7 Å². The molecule has 0 amide bonds. The average molecular weight is 509 g/mol. The maximum absolute atomic E-state index is 13.1. The number of aromatic nitrogens is 3. The minimum absolute atomic E-state index is 0.00464. The van der Waals surface area contributed by atoms with Gasteiger partial charge >= 0.3 is 6.18 Å². The van der Waals surface area contributed by atoms with Gasteiger partial charge in [0.25, 0.3) is 0 Å². The van der Waals surface area contributed by atoms with Gasteiger partial charge in [0.1, 0.15) is 28.8 Å². The Bertz CT molecular complexity index is 1410. The van der Waals surface area contributed by atoms with Gasteiger partial charge in [-0.15, -0.1) is 0 Å². The molecular formula is C26H23F3N6O2. The van der Waals surface area contributed by atoms with Crippen molar-refractivity contribution < 1.29 is 22.6 Å². The first-order valence-corrected chi connectivity index (χ1v) is 11.0. The molecule has 2 aromatic carbocycles. The molecule has 0 unspecified atom stereocenters. The second kappa shape index (κ2) is 10.9. The highest BCUT2D eigenvalue weighted by Crippen LogP contribution is 2.31. The smallest absolute Gasteiger partial charge is 0.433 e. The van der Waals surface area contributed by atoms with Crippen molar-refractivity contribution in [3.8, 4) is 22.8 Å². The predicted octanol–water partition coefficient (Wildman–Crippen LogP) is 5.93. The number of ether oxygens (including phenoxy) is 2. The van der Waals surface area contributed by atoms with E-state index in [0.29, 0.717) is 46.4 Å². The Morgan fingerprint density at radius 3 is 2.51 bits per heavy atom. The van der Waals surface area contributed by atoms with Gasteiger partial charge in [-0.3, -0.25) is 4.98 Å². The van der Waals surface area contributed by atoms with Crippen LogP contribution in [0.5, 0.6) is 11.5 Å². The van der Waals surface area contributed by atoms with E-state index in [1.807, 2.05) is 12.1 Å². The molecule has 0 fully saturated rings. The van der Waals surface area contributed by atoms with Crippen molar-refractivity contribution in [2.24, 2.45) is 0 Å². The van der Waals surface area contributed by atoms with Gasteiger partial charge in [-0.25, -0.2) is 9.97 Å². The van der Waals surface area contributed by atoms with Crippen LogP contribution >= 0.6 is 0 Å². The van der Waals surface area contributed by atoms with Crippen molar-refractivity contribution >= 4 is 23.5 Å². The summed E-state index contributed by atoms with van der Waals surface area (Å²) in [5.41, 5.74) is 1.94. The van der Waals surface area contributed by atoms with E-state index < -0.39 is 11.9 Å². The van der Waals surface area contributed by atoms with Gasteiger partial charge in [-0.05, 0) is 30.3 Å². The highest BCUT2D eigenvalue weighted by atomic mass is 19.4. The number of anilines is 3. The second-order valence-corrected chi connectivity index (χ2v) is 7.80. The van der Waals surface area contributed by atoms with Crippen LogP contribution in [0, 0.1) is 5.41 Å². The molecule has 2 heterocycles. The Morgan fingerprint density at radius 2 is 1.78 bits per heavy atom. The summed E-state index contributed by atoms with van der Waals surface area (Å²) < 4.78 is 49.8. The Balaban J connectivity index is 1.57. The number of benzene rings is 2. The third-order valence-corrected chi connectivity index (χ3v) is 5.40. The van der Waals surface area contributed by atoms with Crippen LogP contribution in [0.15, 0.2) is 67.0 Å². The SMILES string of the molecule is COc1ccc(CNc2cncc(-c3ccc(C=N)c(Nc4cccc(C(F)(F)F)n4)c3)n2)c(OC)c1. The maximum Gasteiger partial charge on any atom is 0.433 e. The lowest BCUT2D eigenvalue weighted by Gasteiger charge is -2.14. The number of nitrogens with zero attached hydrogens (tertiary/aromatic N) is 3. The van der Waals surface area contributed by atoms with Crippen LogP contribution in [0.4, 0.5) is 30.5 Å². The van der Waals surface area contributed by atoms with E-state index in [2.05, 4.69) is 25.6 Å². The lowest BCUT2D eigenvalue weighted by atomic mass is 10.1. The van der Waals surface area contributed by atoms with Gasteiger partial charge in [-0.2, -0.15) is 13.2 Å². The van der Waals surface area contributed by atoms with E-state index in [-0.39, 0.29) is 5.82 Å². The summed E-state index contributed by atoms with van der Waals surface area (Å²) in [5, 5.41) is 13.8. The largest absolute Gasteiger partial charge is 0.497 e. The maximum atomic E-state index is 13.1. The number of methoxy groups -OCH3 is 2. The number of alkyl halides is 3. The normalized spacial score (nSPS) is 11.1. The first kappa shape index (κ1) is 25.4. The second-order valence-electron chi connectivity index (χ2n) is 7.80. The van der Waals surface area contributed by atoms with E-state index in [0.717, 1.165) is 17.8 Å². The minimum Gasteiger partial charge on any atom is -0.497 e. The summed E-state index contributed by atoms with van der Waals surface area (Å²) in [6.45, 7) is 0.423. The van der Waals surface area contributed by atoms with Crippen LogP contribution in [0.25, 0.3) is 11.3 Å². The van der Waals surface area contributed by atoms with Gasteiger partial charge < -0.3 is 25.5 Å². The van der Waals surface area contributed by atoms with Gasteiger partial charge in [0.2, 0.25) is 0 Å². The lowest BCUT2D eigenvalue weighted by molar-refractivity contribution is -0.141. The first-order chi connectivity index (χ1) is 17.8. The fourth-order valence-electron chi connectivity index (χ4n) is 3.52. The summed E-state index contributed by atoms with van der Waals surface area (Å²) in [7, 11) is 3.16. The molecule has 2 aromatic heterocycles. The predicted molar refractivity (Wildman–Crippen MR) is 135 cm³/mol. The van der Waals surface area contributed by atoms with Gasteiger partial charge in [0.05, 0.1) is 32.3 Å². The van der Waals surface area contributed by atoms with Crippen molar-refractivity contribution in [2.75, 3.05) is 24.9 Å². The van der Waals surface area contributed by atoms with Crippen LogP contribution in [0.2, 0.25) is 0 Å². The summed E-state index contributed by atoms with van der Waals surface area (Å²) in [5.74, 6) is 1.86. The molecule has 0 aliphatic rings. The van der Waals surface area contributed by atoms with Crippen molar-refractivity contribution in [3.05, 3.63) is 83.8 Å². The quantitative estimate of drug-likeness (QED) is 0.241. The zero-order valence-electron chi connectivity index (χ0n) is 19.9. The number of hydrogen-bond acceptors (Lipinski definition) is 8. The zero-order valence-corrected chi connectivity index (χ0v) is 19.9. The van der Waals surface area contributed by atoms with Gasteiger partial charge in [0.15, 0.2) is 0 Å².